The van der Waals surface area contributed by atoms with Gasteiger partial charge in [0.25, 0.3) is 0 Å². The average Bonchev–Trinajstić information content (AvgIpc) is 3.01. The minimum absolute atomic E-state index is 0.0834. The van der Waals surface area contributed by atoms with Crippen LogP contribution in [0.1, 0.15) is 11.1 Å². The molecular formula is C16H15F3N6O2S. The molecule has 0 saturated heterocycles. The molecule has 3 aromatic rings. The van der Waals surface area contributed by atoms with E-state index in [9.17, 15) is 21.6 Å². The molecule has 1 aromatic carbocycles. The molecule has 28 heavy (non-hydrogen) atoms. The van der Waals surface area contributed by atoms with Crippen LogP contribution in [0.2, 0.25) is 0 Å². The Hall–Kier alpha value is -2.99. The smallest absolute Gasteiger partial charge is 0.324 e. The Labute approximate surface area is 158 Å². The second kappa shape index (κ2) is 6.87. The second-order valence-electron chi connectivity index (χ2n) is 6.00. The van der Waals surface area contributed by atoms with Crippen LogP contribution in [0.5, 0.6) is 0 Å². The lowest BCUT2D eigenvalue weighted by Gasteiger charge is -2.14. The van der Waals surface area contributed by atoms with Crippen molar-refractivity contribution in [3.8, 4) is 11.3 Å². The normalized spacial score (nSPS) is 12.2. The number of hydrogen-bond donors (Lipinski definition) is 2. The van der Waals surface area contributed by atoms with Gasteiger partial charge in [-0.1, -0.05) is 0 Å². The maximum Gasteiger partial charge on any atom is 0.419 e. The van der Waals surface area contributed by atoms with Crippen molar-refractivity contribution in [2.75, 3.05) is 5.32 Å². The number of aryl methyl sites for hydroxylation is 2. The molecular weight excluding hydrogens is 397 g/mol. The fourth-order valence-electron chi connectivity index (χ4n) is 2.49. The first-order valence-electron chi connectivity index (χ1n) is 7.79. The number of rotatable bonds is 4. The fraction of sp³-hybridized carbons (Fsp3) is 0.188. The average molecular weight is 412 g/mol. The predicted octanol–water partition coefficient (Wildman–Crippen LogP) is 2.60. The molecule has 0 saturated carbocycles. The number of alkyl halides is 3. The van der Waals surface area contributed by atoms with Crippen LogP contribution in [0.15, 0.2) is 41.7 Å². The molecule has 3 N–H and O–H groups in total. The molecule has 0 bridgehead atoms. The van der Waals surface area contributed by atoms with Crippen LogP contribution >= 0.6 is 0 Å². The number of anilines is 2. The van der Waals surface area contributed by atoms with Crippen LogP contribution in [0.4, 0.5) is 24.8 Å². The lowest BCUT2D eigenvalue weighted by molar-refractivity contribution is -0.137. The van der Waals surface area contributed by atoms with E-state index >= 15 is 0 Å². The maximum absolute atomic E-state index is 13.3. The third kappa shape index (κ3) is 4.12. The lowest BCUT2D eigenvalue weighted by Crippen LogP contribution is -2.13. The zero-order valence-electron chi connectivity index (χ0n) is 14.7. The molecule has 0 aliphatic heterocycles. The van der Waals surface area contributed by atoms with Gasteiger partial charge in [0, 0.05) is 30.7 Å². The molecule has 0 unspecified atom stereocenters. The van der Waals surface area contributed by atoms with Crippen molar-refractivity contribution in [2.45, 2.75) is 18.0 Å². The predicted molar refractivity (Wildman–Crippen MR) is 95.1 cm³/mol. The number of hydrogen-bond acceptors (Lipinski definition) is 6. The molecule has 0 aliphatic rings. The van der Waals surface area contributed by atoms with Gasteiger partial charge in [0.2, 0.25) is 16.0 Å². The molecule has 0 atom stereocenters. The molecule has 0 radical (unpaired) electrons. The van der Waals surface area contributed by atoms with E-state index in [1.54, 1.807) is 14.0 Å². The minimum atomic E-state index is -4.64. The van der Waals surface area contributed by atoms with Crippen LogP contribution in [-0.2, 0) is 23.2 Å². The maximum atomic E-state index is 13.3. The van der Waals surface area contributed by atoms with Crippen molar-refractivity contribution >= 4 is 21.7 Å². The largest absolute Gasteiger partial charge is 0.419 e. The number of nitrogens with zero attached hydrogens (tertiary/aromatic N) is 4. The molecule has 148 valence electrons. The van der Waals surface area contributed by atoms with Gasteiger partial charge >= 0.3 is 6.18 Å². The van der Waals surface area contributed by atoms with E-state index in [1.807, 2.05) is 0 Å². The van der Waals surface area contributed by atoms with E-state index in [2.05, 4.69) is 20.4 Å². The number of nitrogens with two attached hydrogens (primary N) is 1. The summed E-state index contributed by atoms with van der Waals surface area (Å²) in [7, 11) is -2.29. The fourth-order valence-corrected chi connectivity index (χ4v) is 3.09. The van der Waals surface area contributed by atoms with Crippen molar-refractivity contribution in [3.63, 3.8) is 0 Å². The van der Waals surface area contributed by atoms with Crippen molar-refractivity contribution in [2.24, 2.45) is 12.2 Å². The zero-order valence-corrected chi connectivity index (χ0v) is 15.5. The highest BCUT2D eigenvalue weighted by molar-refractivity contribution is 7.89. The summed E-state index contributed by atoms with van der Waals surface area (Å²) < 4.78 is 64.1. The number of aromatic nitrogens is 4. The second-order valence-corrected chi connectivity index (χ2v) is 7.56. The number of primary sulfonamides is 1. The molecule has 2 heterocycles. The third-order valence-corrected chi connectivity index (χ3v) is 4.76. The summed E-state index contributed by atoms with van der Waals surface area (Å²) in [6.45, 7) is 1.61. The Morgan fingerprint density at radius 3 is 2.46 bits per heavy atom. The Kier molecular flexibility index (Phi) is 4.85. The first kappa shape index (κ1) is 19.8. The van der Waals surface area contributed by atoms with Gasteiger partial charge in [0.15, 0.2) is 0 Å². The molecule has 0 aliphatic carbocycles. The van der Waals surface area contributed by atoms with E-state index in [0.717, 1.165) is 0 Å². The van der Waals surface area contributed by atoms with Gasteiger partial charge in [-0.2, -0.15) is 18.3 Å². The van der Waals surface area contributed by atoms with Crippen molar-refractivity contribution in [1.29, 1.82) is 0 Å². The SMILES string of the molecule is Cc1cc(S(N)(=O)=O)ccc1Nc1ncc(C(F)(F)F)c(-c2cnn(C)c2)n1. The Bertz CT molecular complexity index is 1140. The summed E-state index contributed by atoms with van der Waals surface area (Å²) in [5, 5.41) is 11.8. The molecule has 12 heteroatoms. The molecule has 2 aromatic heterocycles. The Morgan fingerprint density at radius 2 is 1.93 bits per heavy atom. The van der Waals surface area contributed by atoms with Crippen LogP contribution in [-0.4, -0.2) is 28.2 Å². The number of sulfonamides is 1. The number of nitrogens with one attached hydrogen (secondary N) is 1. The van der Waals surface area contributed by atoms with Gasteiger partial charge < -0.3 is 5.32 Å². The van der Waals surface area contributed by atoms with Gasteiger partial charge in [-0.25, -0.2) is 23.5 Å². The first-order valence-corrected chi connectivity index (χ1v) is 9.33. The van der Waals surface area contributed by atoms with E-state index in [0.29, 0.717) is 17.4 Å². The molecule has 8 nitrogen and oxygen atoms in total. The van der Waals surface area contributed by atoms with E-state index < -0.39 is 21.8 Å². The van der Waals surface area contributed by atoms with Gasteiger partial charge in [-0.05, 0) is 30.7 Å². The highest BCUT2D eigenvalue weighted by atomic mass is 32.2. The molecule has 0 fully saturated rings. The highest BCUT2D eigenvalue weighted by Gasteiger charge is 2.35. The lowest BCUT2D eigenvalue weighted by atomic mass is 10.1. The standard InChI is InChI=1S/C16H15F3N6O2S/c1-9-5-11(28(20,26)27)3-4-13(9)23-15-21-7-12(16(17,18)19)14(24-15)10-6-22-25(2)8-10/h3-8H,1-2H3,(H2,20,26,27)(H,21,23,24). The van der Waals surface area contributed by atoms with Crippen LogP contribution in [0.3, 0.4) is 0 Å². The topological polar surface area (TPSA) is 116 Å². The summed E-state index contributed by atoms with van der Waals surface area (Å²) in [5.74, 6) is -0.0849. The van der Waals surface area contributed by atoms with Crippen LogP contribution < -0.4 is 10.5 Å². The van der Waals surface area contributed by atoms with E-state index in [1.165, 1.54) is 35.3 Å². The summed E-state index contributed by atoms with van der Waals surface area (Å²) in [6.07, 6.45) is -1.27. The quantitative estimate of drug-likeness (QED) is 0.681. The van der Waals surface area contributed by atoms with Crippen molar-refractivity contribution in [1.82, 2.24) is 19.7 Å². The first-order chi connectivity index (χ1) is 12.9. The number of halogens is 3. The van der Waals surface area contributed by atoms with E-state index in [-0.39, 0.29) is 22.1 Å². The third-order valence-electron chi connectivity index (χ3n) is 3.85. The number of benzene rings is 1. The van der Waals surface area contributed by atoms with Gasteiger partial charge in [-0.3, -0.25) is 4.68 Å². The van der Waals surface area contributed by atoms with Crippen LogP contribution in [0, 0.1) is 6.92 Å². The Balaban J connectivity index is 2.02. The van der Waals surface area contributed by atoms with Crippen molar-refractivity contribution < 1.29 is 21.6 Å². The monoisotopic (exact) mass is 412 g/mol. The summed E-state index contributed by atoms with van der Waals surface area (Å²) >= 11 is 0. The van der Waals surface area contributed by atoms with Crippen LogP contribution in [0.25, 0.3) is 11.3 Å². The van der Waals surface area contributed by atoms with Gasteiger partial charge in [0.1, 0.15) is 5.56 Å². The highest BCUT2D eigenvalue weighted by Crippen LogP contribution is 2.36. The molecule has 3 rings (SSSR count). The molecule has 0 amide bonds. The summed E-state index contributed by atoms with van der Waals surface area (Å²) in [4.78, 5) is 7.64. The Morgan fingerprint density at radius 1 is 1.21 bits per heavy atom. The summed E-state index contributed by atoms with van der Waals surface area (Å²) in [6, 6.07) is 4.04. The summed E-state index contributed by atoms with van der Waals surface area (Å²) in [5.41, 5.74) is -0.215. The minimum Gasteiger partial charge on any atom is -0.324 e. The van der Waals surface area contributed by atoms with Crippen molar-refractivity contribution in [3.05, 3.63) is 47.9 Å². The van der Waals surface area contributed by atoms with E-state index in [4.69, 9.17) is 5.14 Å². The molecule has 0 spiro atoms. The zero-order chi connectivity index (χ0) is 20.7. The van der Waals surface area contributed by atoms with Gasteiger partial charge in [0.05, 0.1) is 16.8 Å². The van der Waals surface area contributed by atoms with Gasteiger partial charge in [-0.15, -0.1) is 0 Å².